The lowest BCUT2D eigenvalue weighted by atomic mass is 10.0. The van der Waals surface area contributed by atoms with Gasteiger partial charge in [0.15, 0.2) is 0 Å². The van der Waals surface area contributed by atoms with E-state index in [1.165, 1.54) is 140 Å². The highest BCUT2D eigenvalue weighted by Crippen LogP contribution is 2.34. The molecule has 258 valence electrons. The first-order valence-electron chi connectivity index (χ1n) is 17.9. The van der Waals surface area contributed by atoms with Gasteiger partial charge < -0.3 is 10.6 Å². The van der Waals surface area contributed by atoms with Crippen molar-refractivity contribution in [2.45, 2.75) is 155 Å². The predicted octanol–water partition coefficient (Wildman–Crippen LogP) is 15.6. The Morgan fingerprint density at radius 2 is 0.644 bits per heavy atom. The quantitative estimate of drug-likeness (QED) is 0.0873. The highest BCUT2D eigenvalue weighted by Gasteiger charge is 2.10. The molecule has 45 heavy (non-hydrogen) atoms. The number of anilines is 2. The molecule has 0 unspecified atom stereocenters. The zero-order chi connectivity index (χ0) is 31.8. The van der Waals surface area contributed by atoms with Gasteiger partial charge in [0.05, 0.1) is 11.4 Å². The first kappa shape index (κ1) is 43.3. The lowest BCUT2D eigenvalue weighted by molar-refractivity contribution is 0.556. The lowest BCUT2D eigenvalue weighted by Gasteiger charge is -2.16. The minimum absolute atomic E-state index is 0. The van der Waals surface area contributed by atoms with Crippen molar-refractivity contribution >= 4 is 87.5 Å². The molecule has 2 N–H and O–H groups in total. The van der Waals surface area contributed by atoms with E-state index in [2.05, 4.69) is 112 Å². The number of rotatable bonds is 27. The molecule has 0 saturated heterocycles. The molecular formula is C38H61Br4ClN2. The summed E-state index contributed by atoms with van der Waals surface area (Å²) in [7, 11) is 0. The van der Waals surface area contributed by atoms with Gasteiger partial charge in [0.1, 0.15) is 0 Å². The van der Waals surface area contributed by atoms with Gasteiger partial charge >= 0.3 is 0 Å². The SMILES string of the molecule is CCCCCCCCCCCCc1cc(Br)c(NCCNc2c(Br)cc(CCCCCCCCCCCC)cc2Br)c(Br)c1.Cl. The van der Waals surface area contributed by atoms with Gasteiger partial charge in [-0.25, -0.2) is 0 Å². The van der Waals surface area contributed by atoms with E-state index < -0.39 is 0 Å². The summed E-state index contributed by atoms with van der Waals surface area (Å²) in [5.41, 5.74) is 5.06. The third-order valence-electron chi connectivity index (χ3n) is 8.57. The molecule has 2 aromatic rings. The van der Waals surface area contributed by atoms with Crippen molar-refractivity contribution in [3.8, 4) is 0 Å². The van der Waals surface area contributed by atoms with Crippen molar-refractivity contribution in [3.63, 3.8) is 0 Å². The average molecular weight is 901 g/mol. The highest BCUT2D eigenvalue weighted by atomic mass is 79.9. The van der Waals surface area contributed by atoms with Gasteiger partial charge in [-0.05, 0) is 125 Å². The Kier molecular flexibility index (Phi) is 27.0. The maximum Gasteiger partial charge on any atom is 0.0629 e. The number of nitrogens with one attached hydrogen (secondary N) is 2. The van der Waals surface area contributed by atoms with Crippen molar-refractivity contribution in [2.75, 3.05) is 23.7 Å². The fourth-order valence-electron chi connectivity index (χ4n) is 5.89. The van der Waals surface area contributed by atoms with Crippen LogP contribution in [0.4, 0.5) is 11.4 Å². The number of hydrogen-bond donors (Lipinski definition) is 2. The Bertz CT molecular complexity index is 905. The van der Waals surface area contributed by atoms with Crippen LogP contribution in [0.3, 0.4) is 0 Å². The minimum Gasteiger partial charge on any atom is -0.381 e. The third kappa shape index (κ3) is 19.7. The topological polar surface area (TPSA) is 24.1 Å². The molecule has 0 aliphatic carbocycles. The standard InChI is InChI=1S/C38H60Br4N2.ClH/c1-3-5-7-9-11-13-15-17-19-21-23-31-27-33(39)37(34(40)28-31)43-25-26-44-38-35(41)29-32(30-36(38)42)24-22-20-18-16-14-12-10-8-6-4-2;/h27-30,43-44H,3-26H2,1-2H3;1H. The maximum atomic E-state index is 3.82. The summed E-state index contributed by atoms with van der Waals surface area (Å²) in [6.07, 6.45) is 29.9. The molecule has 0 aliphatic rings. The summed E-state index contributed by atoms with van der Waals surface area (Å²) in [6.45, 7) is 6.23. The first-order valence-corrected chi connectivity index (χ1v) is 21.1. The maximum absolute atomic E-state index is 3.82. The fourth-order valence-corrected chi connectivity index (χ4v) is 9.01. The van der Waals surface area contributed by atoms with Crippen LogP contribution in [0.5, 0.6) is 0 Å². The van der Waals surface area contributed by atoms with E-state index in [1.807, 2.05) is 0 Å². The third-order valence-corrected chi connectivity index (χ3v) is 11.1. The summed E-state index contributed by atoms with van der Waals surface area (Å²) in [5.74, 6) is 0. The van der Waals surface area contributed by atoms with E-state index in [4.69, 9.17) is 0 Å². The monoisotopic (exact) mass is 896 g/mol. The van der Waals surface area contributed by atoms with Gasteiger partial charge in [0.2, 0.25) is 0 Å². The molecule has 0 saturated carbocycles. The number of hydrogen-bond acceptors (Lipinski definition) is 2. The number of unbranched alkanes of at least 4 members (excludes halogenated alkanes) is 18. The second-order valence-electron chi connectivity index (χ2n) is 12.6. The van der Waals surface area contributed by atoms with Crippen LogP contribution in [0, 0.1) is 0 Å². The molecule has 2 nitrogen and oxygen atoms in total. The van der Waals surface area contributed by atoms with Crippen LogP contribution in [0.25, 0.3) is 0 Å². The molecule has 0 bridgehead atoms. The number of halogens is 5. The van der Waals surface area contributed by atoms with E-state index in [0.717, 1.165) is 55.2 Å². The Labute approximate surface area is 317 Å². The Morgan fingerprint density at radius 3 is 0.911 bits per heavy atom. The van der Waals surface area contributed by atoms with E-state index in [0.29, 0.717) is 0 Å². The van der Waals surface area contributed by atoms with Crippen LogP contribution in [0.15, 0.2) is 42.2 Å². The van der Waals surface area contributed by atoms with E-state index in [-0.39, 0.29) is 12.4 Å². The molecule has 0 spiro atoms. The largest absolute Gasteiger partial charge is 0.381 e. The second-order valence-corrected chi connectivity index (χ2v) is 16.0. The van der Waals surface area contributed by atoms with Crippen LogP contribution in [-0.4, -0.2) is 13.1 Å². The fraction of sp³-hybridized carbons (Fsp3) is 0.684. The summed E-state index contributed by atoms with van der Waals surface area (Å²) in [5, 5.41) is 7.22. The van der Waals surface area contributed by atoms with E-state index >= 15 is 0 Å². The minimum atomic E-state index is 0. The summed E-state index contributed by atoms with van der Waals surface area (Å²) >= 11 is 15.3. The van der Waals surface area contributed by atoms with Crippen LogP contribution in [0.2, 0.25) is 0 Å². The second kappa shape index (κ2) is 28.1. The van der Waals surface area contributed by atoms with Crippen molar-refractivity contribution < 1.29 is 0 Å². The van der Waals surface area contributed by atoms with Crippen molar-refractivity contribution in [1.29, 1.82) is 0 Å². The number of benzene rings is 2. The molecule has 0 heterocycles. The van der Waals surface area contributed by atoms with Gasteiger partial charge in [0.25, 0.3) is 0 Å². The van der Waals surface area contributed by atoms with Gasteiger partial charge in [-0.3, -0.25) is 0 Å². The zero-order valence-electron chi connectivity index (χ0n) is 28.2. The van der Waals surface area contributed by atoms with Crippen molar-refractivity contribution in [1.82, 2.24) is 0 Å². The van der Waals surface area contributed by atoms with Crippen LogP contribution < -0.4 is 10.6 Å². The highest BCUT2D eigenvalue weighted by molar-refractivity contribution is 9.11. The van der Waals surface area contributed by atoms with Crippen molar-refractivity contribution in [2.24, 2.45) is 0 Å². The molecular weight excluding hydrogens is 840 g/mol. The summed E-state index contributed by atoms with van der Waals surface area (Å²) in [4.78, 5) is 0. The normalized spacial score (nSPS) is 11.1. The van der Waals surface area contributed by atoms with Gasteiger partial charge in [-0.15, -0.1) is 12.4 Å². The predicted molar refractivity (Wildman–Crippen MR) is 219 cm³/mol. The van der Waals surface area contributed by atoms with Gasteiger partial charge in [-0.1, -0.05) is 129 Å². The van der Waals surface area contributed by atoms with Crippen LogP contribution in [0.1, 0.15) is 153 Å². The molecule has 2 aromatic carbocycles. The molecule has 7 heteroatoms. The molecule has 0 atom stereocenters. The van der Waals surface area contributed by atoms with Crippen molar-refractivity contribution in [3.05, 3.63) is 53.3 Å². The molecule has 0 radical (unpaired) electrons. The Morgan fingerprint density at radius 1 is 0.400 bits per heavy atom. The summed E-state index contributed by atoms with van der Waals surface area (Å²) < 4.78 is 4.53. The lowest BCUT2D eigenvalue weighted by Crippen LogP contribution is -2.15. The van der Waals surface area contributed by atoms with Gasteiger partial charge in [-0.2, -0.15) is 0 Å². The average Bonchev–Trinajstić information content (AvgIpc) is 2.99. The summed E-state index contributed by atoms with van der Waals surface area (Å²) in [6, 6.07) is 9.15. The van der Waals surface area contributed by atoms with E-state index in [1.54, 1.807) is 0 Å². The molecule has 0 aromatic heterocycles. The molecule has 0 fully saturated rings. The van der Waals surface area contributed by atoms with Gasteiger partial charge in [0, 0.05) is 31.0 Å². The molecule has 0 amide bonds. The molecule has 0 aliphatic heterocycles. The van der Waals surface area contributed by atoms with E-state index in [9.17, 15) is 0 Å². The molecule has 2 rings (SSSR count). The Hall–Kier alpha value is 0.250. The first-order chi connectivity index (χ1) is 21.5. The van der Waals surface area contributed by atoms with Crippen LogP contribution in [-0.2, 0) is 12.8 Å². The zero-order valence-corrected chi connectivity index (χ0v) is 35.4. The smallest absolute Gasteiger partial charge is 0.0629 e. The van der Waals surface area contributed by atoms with Crippen LogP contribution >= 0.6 is 76.1 Å². The number of aryl methyl sites for hydroxylation is 2. The Balaban J connectivity index is 0.0000101.